The molecule has 2 amide bonds. The zero-order valence-corrected chi connectivity index (χ0v) is 19.4. The molecule has 0 aromatic heterocycles. The van der Waals surface area contributed by atoms with E-state index >= 15 is 4.39 Å². The van der Waals surface area contributed by atoms with Gasteiger partial charge in [-0.05, 0) is 11.1 Å². The Labute approximate surface area is 201 Å². The van der Waals surface area contributed by atoms with E-state index in [9.17, 15) is 19.2 Å². The molecular formula is C23H25FN2O7S. The van der Waals surface area contributed by atoms with Gasteiger partial charge in [-0.15, -0.1) is 0 Å². The van der Waals surface area contributed by atoms with Crippen molar-refractivity contribution in [1.82, 2.24) is 10.6 Å². The first-order valence-corrected chi connectivity index (χ1v) is 10.7. The minimum Gasteiger partial charge on any atom is -0.467 e. The number of amides is 2. The number of benzene rings is 2. The van der Waals surface area contributed by atoms with E-state index in [4.69, 9.17) is 4.74 Å². The molecule has 0 fully saturated rings. The lowest BCUT2D eigenvalue weighted by Gasteiger charge is -2.31. The lowest BCUT2D eigenvalue weighted by atomic mass is 9.88. The lowest BCUT2D eigenvalue weighted by molar-refractivity contribution is -0.165. The smallest absolute Gasteiger partial charge is 0.408 e. The molecule has 0 aliphatic heterocycles. The van der Waals surface area contributed by atoms with E-state index < -0.39 is 41.7 Å². The predicted octanol–water partition coefficient (Wildman–Crippen LogP) is 2.12. The van der Waals surface area contributed by atoms with Crippen molar-refractivity contribution in [3.8, 4) is 0 Å². The van der Waals surface area contributed by atoms with Crippen LogP contribution < -0.4 is 10.6 Å². The first kappa shape index (κ1) is 26.7. The molecule has 34 heavy (non-hydrogen) atoms. The van der Waals surface area contributed by atoms with Crippen LogP contribution in [0.2, 0.25) is 0 Å². The van der Waals surface area contributed by atoms with Crippen LogP contribution in [0.5, 0.6) is 0 Å². The number of methoxy groups -OCH3 is 2. The molecule has 0 aliphatic rings. The molecule has 2 aromatic rings. The third kappa shape index (κ3) is 6.47. The minimum absolute atomic E-state index is 0.0719. The summed E-state index contributed by atoms with van der Waals surface area (Å²) < 4.78 is 30.6. The van der Waals surface area contributed by atoms with E-state index in [1.807, 2.05) is 0 Å². The van der Waals surface area contributed by atoms with Gasteiger partial charge in [0.15, 0.2) is 0 Å². The topological polar surface area (TPSA) is 120 Å². The highest BCUT2D eigenvalue weighted by atomic mass is 32.1. The van der Waals surface area contributed by atoms with Crippen LogP contribution in [-0.4, -0.2) is 55.6 Å². The number of ether oxygens (including phenoxy) is 3. The number of rotatable bonds is 10. The Kier molecular flexibility index (Phi) is 9.87. The number of alkyl carbamates (subject to hydrolysis) is 1. The molecule has 0 aliphatic carbocycles. The first-order chi connectivity index (χ1) is 16.3. The molecule has 182 valence electrons. The van der Waals surface area contributed by atoms with Crippen LogP contribution in [-0.2, 0) is 35.2 Å². The Hall–Kier alpha value is -3.60. The summed E-state index contributed by atoms with van der Waals surface area (Å²) in [5, 5.41) is 4.34. The summed E-state index contributed by atoms with van der Waals surface area (Å²) in [5.74, 6) is -4.26. The van der Waals surface area contributed by atoms with Crippen LogP contribution in [0.15, 0.2) is 60.7 Å². The molecule has 0 heterocycles. The molecule has 0 bridgehead atoms. The van der Waals surface area contributed by atoms with Gasteiger partial charge in [0.2, 0.25) is 0 Å². The molecule has 3 atom stereocenters. The summed E-state index contributed by atoms with van der Waals surface area (Å²) in [5.41, 5.74) is -2.74. The average molecular weight is 493 g/mol. The maximum Gasteiger partial charge on any atom is 0.408 e. The quantitative estimate of drug-likeness (QED) is 0.201. The van der Waals surface area contributed by atoms with E-state index in [2.05, 4.69) is 32.7 Å². The van der Waals surface area contributed by atoms with Gasteiger partial charge < -0.3 is 24.8 Å². The Bertz CT molecular complexity index is 993. The van der Waals surface area contributed by atoms with Crippen molar-refractivity contribution in [3.63, 3.8) is 0 Å². The van der Waals surface area contributed by atoms with E-state index in [1.54, 1.807) is 36.4 Å². The van der Waals surface area contributed by atoms with E-state index in [-0.39, 0.29) is 17.9 Å². The number of esters is 2. The molecule has 0 saturated carbocycles. The van der Waals surface area contributed by atoms with Crippen LogP contribution in [0.1, 0.15) is 17.2 Å². The average Bonchev–Trinajstić information content (AvgIpc) is 2.88. The van der Waals surface area contributed by atoms with Gasteiger partial charge in [-0.1, -0.05) is 60.7 Å². The first-order valence-electron chi connectivity index (χ1n) is 10.1. The second-order valence-electron chi connectivity index (χ2n) is 6.98. The standard InChI is InChI=1S/C23H25FN2O7S/c1-31-19(27)17(14-34)25-20(28)23(24,21(29)32-2)18(16-11-7-4-8-12-16)26-22(30)33-13-15-9-5-3-6-10-15/h3-12,17-18,34H,13-14H2,1-2H3,(H,25,28)(H,26,30)/t17-,18-,23+/m0/s1. The van der Waals surface area contributed by atoms with Gasteiger partial charge in [0.1, 0.15) is 18.7 Å². The monoisotopic (exact) mass is 492 g/mol. The van der Waals surface area contributed by atoms with E-state index in [1.165, 1.54) is 24.3 Å². The molecule has 2 N–H and O–H groups in total. The van der Waals surface area contributed by atoms with Crippen LogP contribution in [0, 0.1) is 0 Å². The summed E-state index contributed by atoms with van der Waals surface area (Å²) in [6, 6.07) is 13.0. The second kappa shape index (κ2) is 12.6. The van der Waals surface area contributed by atoms with Gasteiger partial charge in [-0.3, -0.25) is 4.79 Å². The van der Waals surface area contributed by atoms with Crippen LogP contribution in [0.3, 0.4) is 0 Å². The van der Waals surface area contributed by atoms with Crippen LogP contribution in [0.25, 0.3) is 0 Å². The molecule has 9 nitrogen and oxygen atoms in total. The third-order valence-electron chi connectivity index (χ3n) is 4.79. The number of hydrogen-bond donors (Lipinski definition) is 3. The molecule has 0 saturated heterocycles. The van der Waals surface area contributed by atoms with Gasteiger partial charge in [-0.2, -0.15) is 12.6 Å². The molecule has 2 aromatic carbocycles. The second-order valence-corrected chi connectivity index (χ2v) is 7.35. The Morgan fingerprint density at radius 2 is 1.53 bits per heavy atom. The highest BCUT2D eigenvalue weighted by Crippen LogP contribution is 2.32. The number of halogens is 1. The number of hydrogen-bond acceptors (Lipinski definition) is 8. The molecule has 2 rings (SSSR count). The minimum atomic E-state index is -3.48. The third-order valence-corrected chi connectivity index (χ3v) is 5.16. The highest BCUT2D eigenvalue weighted by Gasteiger charge is 2.57. The van der Waals surface area contributed by atoms with Crippen molar-refractivity contribution in [3.05, 3.63) is 71.8 Å². The molecule has 0 unspecified atom stereocenters. The van der Waals surface area contributed by atoms with E-state index in [0.29, 0.717) is 5.56 Å². The number of nitrogens with one attached hydrogen (secondary N) is 2. The van der Waals surface area contributed by atoms with Crippen molar-refractivity contribution in [1.29, 1.82) is 0 Å². The fraction of sp³-hybridized carbons (Fsp3) is 0.304. The van der Waals surface area contributed by atoms with Crippen molar-refractivity contribution < 1.29 is 37.8 Å². The SMILES string of the molecule is COC(=O)[C@H](CS)NC(=O)[C@@](F)(C(=O)OC)[C@@H](NC(=O)OCc1ccccc1)c1ccccc1. The maximum absolute atomic E-state index is 16.4. The summed E-state index contributed by atoms with van der Waals surface area (Å²) >= 11 is 3.95. The zero-order chi connectivity index (χ0) is 25.1. The lowest BCUT2D eigenvalue weighted by Crippen LogP contribution is -2.61. The number of thiol groups is 1. The summed E-state index contributed by atoms with van der Waals surface area (Å²) in [6.45, 7) is -0.137. The van der Waals surface area contributed by atoms with Crippen LogP contribution in [0.4, 0.5) is 9.18 Å². The van der Waals surface area contributed by atoms with Gasteiger partial charge in [0.05, 0.1) is 14.2 Å². The molecular weight excluding hydrogens is 467 g/mol. The van der Waals surface area contributed by atoms with Gasteiger partial charge in [0.25, 0.3) is 5.91 Å². The number of alkyl halides is 1. The van der Waals surface area contributed by atoms with Crippen LogP contribution >= 0.6 is 12.6 Å². The highest BCUT2D eigenvalue weighted by molar-refractivity contribution is 7.80. The Morgan fingerprint density at radius 3 is 2.06 bits per heavy atom. The Balaban J connectivity index is 2.38. The van der Waals surface area contributed by atoms with Gasteiger partial charge in [-0.25, -0.2) is 18.8 Å². The maximum atomic E-state index is 16.4. The number of carbonyl (C=O) groups excluding carboxylic acids is 4. The predicted molar refractivity (Wildman–Crippen MR) is 123 cm³/mol. The zero-order valence-electron chi connectivity index (χ0n) is 18.5. The molecule has 11 heteroatoms. The normalized spacial score (nSPS) is 14.0. The summed E-state index contributed by atoms with van der Waals surface area (Å²) in [4.78, 5) is 50.0. The van der Waals surface area contributed by atoms with E-state index in [0.717, 1.165) is 14.2 Å². The molecule has 0 radical (unpaired) electrons. The largest absolute Gasteiger partial charge is 0.467 e. The van der Waals surface area contributed by atoms with Crippen molar-refractivity contribution >= 4 is 36.6 Å². The fourth-order valence-corrected chi connectivity index (χ4v) is 3.26. The summed E-state index contributed by atoms with van der Waals surface area (Å²) in [7, 11) is 1.96. The van der Waals surface area contributed by atoms with Crippen molar-refractivity contribution in [2.24, 2.45) is 0 Å². The Morgan fingerprint density at radius 1 is 0.941 bits per heavy atom. The van der Waals surface area contributed by atoms with Gasteiger partial charge >= 0.3 is 23.7 Å². The van der Waals surface area contributed by atoms with Crippen molar-refractivity contribution in [2.45, 2.75) is 24.4 Å². The number of carbonyl (C=O) groups is 4. The summed E-state index contributed by atoms with van der Waals surface area (Å²) in [6.07, 6.45) is -1.09. The fourth-order valence-electron chi connectivity index (χ4n) is 3.02. The van der Waals surface area contributed by atoms with Gasteiger partial charge in [0, 0.05) is 5.75 Å². The molecule has 0 spiro atoms. The van der Waals surface area contributed by atoms with Crippen molar-refractivity contribution in [2.75, 3.05) is 20.0 Å².